The molecule has 1 aliphatic rings. The Morgan fingerprint density at radius 2 is 2.08 bits per heavy atom. The summed E-state index contributed by atoms with van der Waals surface area (Å²) in [5, 5.41) is 8.94. The van der Waals surface area contributed by atoms with Gasteiger partial charge in [-0.15, -0.1) is 0 Å². The first-order valence-corrected chi connectivity index (χ1v) is 5.34. The highest BCUT2D eigenvalue weighted by Gasteiger charge is 2.48. The summed E-state index contributed by atoms with van der Waals surface area (Å²) in [4.78, 5) is 0. The number of rotatable bonds is 6. The Balaban J connectivity index is 2.01. The summed E-state index contributed by atoms with van der Waals surface area (Å²) < 4.78 is 0. The third-order valence-electron chi connectivity index (χ3n) is 3.36. The molecular weight excluding hydrogens is 148 g/mol. The van der Waals surface area contributed by atoms with Gasteiger partial charge in [-0.05, 0) is 24.2 Å². The van der Waals surface area contributed by atoms with Gasteiger partial charge in [0.1, 0.15) is 0 Å². The highest BCUT2D eigenvalue weighted by molar-refractivity contribution is 4.97. The lowest BCUT2D eigenvalue weighted by atomic mass is 9.98. The van der Waals surface area contributed by atoms with Crippen LogP contribution < -0.4 is 0 Å². The van der Waals surface area contributed by atoms with Crippen LogP contribution >= 0.6 is 0 Å². The Kier molecular flexibility index (Phi) is 3.57. The minimum Gasteiger partial charge on any atom is -0.396 e. The van der Waals surface area contributed by atoms with E-state index in [2.05, 4.69) is 13.8 Å². The fourth-order valence-electron chi connectivity index (χ4n) is 2.05. The molecule has 1 fully saturated rings. The van der Waals surface area contributed by atoms with Crippen LogP contribution in [-0.4, -0.2) is 11.7 Å². The molecule has 0 saturated heterocycles. The Hall–Kier alpha value is -0.0400. The number of unbranched alkanes of at least 4 members (excludes halogenated alkanes) is 3. The van der Waals surface area contributed by atoms with Crippen molar-refractivity contribution < 1.29 is 5.11 Å². The average molecular weight is 170 g/mol. The highest BCUT2D eigenvalue weighted by Crippen LogP contribution is 2.55. The Morgan fingerprint density at radius 3 is 2.58 bits per heavy atom. The first kappa shape index (κ1) is 10.0. The molecule has 1 nitrogen and oxygen atoms in total. The van der Waals surface area contributed by atoms with Crippen LogP contribution in [0.2, 0.25) is 0 Å². The zero-order chi connectivity index (χ0) is 9.03. The van der Waals surface area contributed by atoms with Crippen LogP contribution in [0.1, 0.15) is 52.4 Å². The lowest BCUT2D eigenvalue weighted by Gasteiger charge is -2.09. The third-order valence-corrected chi connectivity index (χ3v) is 3.36. The van der Waals surface area contributed by atoms with Crippen molar-refractivity contribution in [3.05, 3.63) is 0 Å². The molecule has 0 amide bonds. The van der Waals surface area contributed by atoms with Gasteiger partial charge < -0.3 is 5.11 Å². The van der Waals surface area contributed by atoms with Gasteiger partial charge in [0.15, 0.2) is 0 Å². The van der Waals surface area contributed by atoms with Gasteiger partial charge in [0.2, 0.25) is 0 Å². The van der Waals surface area contributed by atoms with E-state index in [4.69, 9.17) is 5.11 Å². The van der Waals surface area contributed by atoms with Crippen LogP contribution in [0.15, 0.2) is 0 Å². The van der Waals surface area contributed by atoms with Crippen molar-refractivity contribution in [2.24, 2.45) is 11.3 Å². The summed E-state index contributed by atoms with van der Waals surface area (Å²) in [6.45, 7) is 4.97. The van der Waals surface area contributed by atoms with Crippen LogP contribution in [0.3, 0.4) is 0 Å². The average Bonchev–Trinajstić information content (AvgIpc) is 2.72. The monoisotopic (exact) mass is 170 g/mol. The molecule has 72 valence electrons. The Labute approximate surface area is 76.2 Å². The molecule has 1 rings (SSSR count). The number of aliphatic hydroxyl groups excluding tert-OH is 1. The lowest BCUT2D eigenvalue weighted by molar-refractivity contribution is 0.248. The second-order valence-corrected chi connectivity index (χ2v) is 4.55. The molecule has 0 heterocycles. The predicted molar refractivity (Wildman–Crippen MR) is 52.1 cm³/mol. The summed E-state index contributed by atoms with van der Waals surface area (Å²) in [6.07, 6.45) is 8.03. The molecular formula is C11H22O. The Morgan fingerprint density at radius 1 is 1.33 bits per heavy atom. The zero-order valence-corrected chi connectivity index (χ0v) is 8.47. The van der Waals surface area contributed by atoms with Gasteiger partial charge in [-0.3, -0.25) is 0 Å². The van der Waals surface area contributed by atoms with Crippen molar-refractivity contribution in [1.29, 1.82) is 0 Å². The molecule has 0 spiro atoms. The minimum atomic E-state index is 0.407. The maximum absolute atomic E-state index is 8.94. The third kappa shape index (κ3) is 2.48. The molecule has 12 heavy (non-hydrogen) atoms. The lowest BCUT2D eigenvalue weighted by Crippen LogP contribution is -2.00. The molecule has 0 aromatic rings. The number of hydrogen-bond acceptors (Lipinski definition) is 1. The molecule has 1 aliphatic carbocycles. The largest absolute Gasteiger partial charge is 0.396 e. The fourth-order valence-corrected chi connectivity index (χ4v) is 2.05. The SMILES string of the molecule is CCCCCCC1(C)CC1CO. The van der Waals surface area contributed by atoms with E-state index in [0.717, 1.165) is 0 Å². The van der Waals surface area contributed by atoms with Crippen LogP contribution in [0, 0.1) is 11.3 Å². The van der Waals surface area contributed by atoms with Crippen LogP contribution in [0.4, 0.5) is 0 Å². The quantitative estimate of drug-likeness (QED) is 0.608. The smallest absolute Gasteiger partial charge is 0.0464 e. The molecule has 2 unspecified atom stereocenters. The van der Waals surface area contributed by atoms with Gasteiger partial charge in [-0.2, -0.15) is 0 Å². The maximum atomic E-state index is 8.94. The van der Waals surface area contributed by atoms with Gasteiger partial charge in [0.05, 0.1) is 0 Å². The van der Waals surface area contributed by atoms with Crippen molar-refractivity contribution in [2.45, 2.75) is 52.4 Å². The summed E-state index contributed by atoms with van der Waals surface area (Å²) >= 11 is 0. The van der Waals surface area contributed by atoms with Gasteiger partial charge in [0.25, 0.3) is 0 Å². The van der Waals surface area contributed by atoms with Crippen molar-refractivity contribution in [1.82, 2.24) is 0 Å². The van der Waals surface area contributed by atoms with E-state index >= 15 is 0 Å². The van der Waals surface area contributed by atoms with E-state index in [1.54, 1.807) is 0 Å². The van der Waals surface area contributed by atoms with E-state index in [1.807, 2.05) is 0 Å². The summed E-state index contributed by atoms with van der Waals surface area (Å²) in [5.41, 5.74) is 0.516. The van der Waals surface area contributed by atoms with E-state index in [9.17, 15) is 0 Å². The fraction of sp³-hybridized carbons (Fsp3) is 1.00. The van der Waals surface area contributed by atoms with Gasteiger partial charge >= 0.3 is 0 Å². The molecule has 0 aliphatic heterocycles. The van der Waals surface area contributed by atoms with Crippen LogP contribution in [0.25, 0.3) is 0 Å². The predicted octanol–water partition coefficient (Wildman–Crippen LogP) is 2.98. The van der Waals surface area contributed by atoms with E-state index in [1.165, 1.54) is 38.5 Å². The molecule has 2 atom stereocenters. The summed E-state index contributed by atoms with van der Waals surface area (Å²) in [5.74, 6) is 0.624. The molecule has 0 aromatic heterocycles. The summed E-state index contributed by atoms with van der Waals surface area (Å²) in [6, 6.07) is 0. The molecule has 0 bridgehead atoms. The second kappa shape index (κ2) is 4.27. The van der Waals surface area contributed by atoms with Crippen molar-refractivity contribution in [3.8, 4) is 0 Å². The van der Waals surface area contributed by atoms with E-state index < -0.39 is 0 Å². The molecule has 1 saturated carbocycles. The van der Waals surface area contributed by atoms with Crippen LogP contribution in [-0.2, 0) is 0 Å². The maximum Gasteiger partial charge on any atom is 0.0464 e. The molecule has 1 N–H and O–H groups in total. The number of aliphatic hydroxyl groups is 1. The summed E-state index contributed by atoms with van der Waals surface area (Å²) in [7, 11) is 0. The van der Waals surface area contributed by atoms with E-state index in [0.29, 0.717) is 17.9 Å². The topological polar surface area (TPSA) is 20.2 Å². The van der Waals surface area contributed by atoms with Gasteiger partial charge in [0, 0.05) is 6.61 Å². The van der Waals surface area contributed by atoms with Crippen LogP contribution in [0.5, 0.6) is 0 Å². The first-order valence-electron chi connectivity index (χ1n) is 5.34. The van der Waals surface area contributed by atoms with E-state index in [-0.39, 0.29) is 0 Å². The standard InChI is InChI=1S/C11H22O/c1-3-4-5-6-7-11(2)8-10(11)9-12/h10,12H,3-9H2,1-2H3. The molecule has 0 radical (unpaired) electrons. The second-order valence-electron chi connectivity index (χ2n) is 4.55. The normalized spacial score (nSPS) is 33.8. The molecule has 0 aromatic carbocycles. The van der Waals surface area contributed by atoms with Crippen molar-refractivity contribution in [3.63, 3.8) is 0 Å². The number of hydrogen-bond donors (Lipinski definition) is 1. The first-order chi connectivity index (χ1) is 5.73. The molecule has 1 heteroatoms. The minimum absolute atomic E-state index is 0.407. The van der Waals surface area contributed by atoms with Gasteiger partial charge in [-0.1, -0.05) is 39.5 Å². The van der Waals surface area contributed by atoms with Crippen molar-refractivity contribution >= 4 is 0 Å². The highest BCUT2D eigenvalue weighted by atomic mass is 16.3. The zero-order valence-electron chi connectivity index (χ0n) is 8.47. The Bertz CT molecular complexity index is 133. The van der Waals surface area contributed by atoms with Crippen molar-refractivity contribution in [2.75, 3.05) is 6.61 Å². The van der Waals surface area contributed by atoms with Gasteiger partial charge in [-0.25, -0.2) is 0 Å².